The third kappa shape index (κ3) is 4.07. The Kier molecular flexibility index (Phi) is 5.57. The highest BCUT2D eigenvalue weighted by Gasteiger charge is 1.90. The Balaban J connectivity index is 2.54. The number of alkyl halides is 1. The highest BCUT2D eigenvalue weighted by Crippen LogP contribution is 2.07. The molecule has 14 heavy (non-hydrogen) atoms. The van der Waals surface area contributed by atoms with Crippen molar-refractivity contribution >= 4 is 22.0 Å². The number of hydrogen-bond acceptors (Lipinski definition) is 1. The zero-order valence-corrected chi connectivity index (χ0v) is 9.83. The van der Waals surface area contributed by atoms with E-state index in [2.05, 4.69) is 52.3 Å². The zero-order valence-electron chi connectivity index (χ0n) is 8.25. The first-order valence-corrected chi connectivity index (χ1v) is 6.00. The molecule has 0 aliphatic heterocycles. The summed E-state index contributed by atoms with van der Waals surface area (Å²) >= 11 is 3.39. The highest BCUT2D eigenvalue weighted by atomic mass is 79.9. The van der Waals surface area contributed by atoms with Gasteiger partial charge in [0, 0.05) is 5.33 Å². The van der Waals surface area contributed by atoms with Gasteiger partial charge in [-0.25, -0.2) is 0 Å². The second kappa shape index (κ2) is 6.80. The van der Waals surface area contributed by atoms with E-state index in [1.807, 2.05) is 0 Å². The van der Waals surface area contributed by atoms with Gasteiger partial charge < -0.3 is 5.73 Å². The van der Waals surface area contributed by atoms with Crippen molar-refractivity contribution in [1.82, 2.24) is 0 Å². The summed E-state index contributed by atoms with van der Waals surface area (Å²) in [6.07, 6.45) is 6.36. The number of benzene rings is 1. The molecular weight excluding hydrogens is 238 g/mol. The lowest BCUT2D eigenvalue weighted by Gasteiger charge is -1.98. The van der Waals surface area contributed by atoms with Crippen molar-refractivity contribution in [3.8, 4) is 0 Å². The van der Waals surface area contributed by atoms with E-state index in [4.69, 9.17) is 5.73 Å². The molecule has 0 fully saturated rings. The zero-order chi connectivity index (χ0) is 10.2. The van der Waals surface area contributed by atoms with Crippen LogP contribution in [0.5, 0.6) is 0 Å². The number of rotatable bonds is 5. The largest absolute Gasteiger partial charge is 0.330 e. The predicted octanol–water partition coefficient (Wildman–Crippen LogP) is 2.99. The fraction of sp³-hybridized carbons (Fsp3) is 0.333. The van der Waals surface area contributed by atoms with E-state index in [1.54, 1.807) is 0 Å². The van der Waals surface area contributed by atoms with Crippen LogP contribution < -0.4 is 5.73 Å². The molecule has 1 rings (SSSR count). The fourth-order valence-corrected chi connectivity index (χ4v) is 1.51. The smallest absolute Gasteiger partial charge is 0.00660 e. The summed E-state index contributed by atoms with van der Waals surface area (Å²) in [6, 6.07) is 8.55. The van der Waals surface area contributed by atoms with E-state index in [1.165, 1.54) is 11.1 Å². The molecule has 76 valence electrons. The third-order valence-corrected chi connectivity index (χ3v) is 2.46. The first-order chi connectivity index (χ1) is 6.86. The van der Waals surface area contributed by atoms with Crippen molar-refractivity contribution in [1.29, 1.82) is 0 Å². The van der Waals surface area contributed by atoms with E-state index in [0.29, 0.717) is 0 Å². The van der Waals surface area contributed by atoms with Crippen LogP contribution in [0.4, 0.5) is 0 Å². The maximum Gasteiger partial charge on any atom is 0.00660 e. The van der Waals surface area contributed by atoms with Crippen LogP contribution in [0.3, 0.4) is 0 Å². The summed E-state index contributed by atoms with van der Waals surface area (Å²) in [5.74, 6) is 0. The molecule has 0 spiro atoms. The Morgan fingerprint density at radius 2 is 1.93 bits per heavy atom. The van der Waals surface area contributed by atoms with Crippen molar-refractivity contribution in [3.63, 3.8) is 0 Å². The molecule has 0 aliphatic rings. The summed E-state index contributed by atoms with van der Waals surface area (Å²) in [6.45, 7) is 0.721. The Labute approximate surface area is 94.1 Å². The number of nitrogens with two attached hydrogens (primary N) is 1. The molecule has 0 radical (unpaired) electrons. The van der Waals surface area contributed by atoms with Crippen LogP contribution >= 0.6 is 15.9 Å². The summed E-state index contributed by atoms with van der Waals surface area (Å²) in [5, 5.41) is 1.02. The fourth-order valence-electron chi connectivity index (χ4n) is 1.24. The monoisotopic (exact) mass is 253 g/mol. The van der Waals surface area contributed by atoms with Gasteiger partial charge in [-0.05, 0) is 30.5 Å². The molecule has 0 bridgehead atoms. The van der Waals surface area contributed by atoms with E-state index >= 15 is 0 Å². The molecule has 2 heteroatoms. The molecule has 0 aromatic heterocycles. The Morgan fingerprint density at radius 1 is 1.21 bits per heavy atom. The summed E-state index contributed by atoms with van der Waals surface area (Å²) in [4.78, 5) is 0. The maximum atomic E-state index is 5.48. The van der Waals surface area contributed by atoms with Gasteiger partial charge in [-0.3, -0.25) is 0 Å². The molecule has 0 amide bonds. The first-order valence-electron chi connectivity index (χ1n) is 4.88. The normalized spacial score (nSPS) is 11.0. The second-order valence-electron chi connectivity index (χ2n) is 3.16. The van der Waals surface area contributed by atoms with Gasteiger partial charge in [0.2, 0.25) is 0 Å². The predicted molar refractivity (Wildman–Crippen MR) is 66.6 cm³/mol. The van der Waals surface area contributed by atoms with Gasteiger partial charge in [0.25, 0.3) is 0 Å². The lowest BCUT2D eigenvalue weighted by molar-refractivity contribution is 0.969. The van der Waals surface area contributed by atoms with Gasteiger partial charge in [0.15, 0.2) is 0 Å². The van der Waals surface area contributed by atoms with E-state index < -0.39 is 0 Å². The van der Waals surface area contributed by atoms with E-state index in [-0.39, 0.29) is 0 Å². The van der Waals surface area contributed by atoms with Gasteiger partial charge in [-0.2, -0.15) is 0 Å². The topological polar surface area (TPSA) is 26.0 Å². The molecule has 0 saturated heterocycles. The van der Waals surface area contributed by atoms with Crippen molar-refractivity contribution in [2.45, 2.75) is 12.8 Å². The van der Waals surface area contributed by atoms with Gasteiger partial charge in [-0.1, -0.05) is 52.3 Å². The lowest BCUT2D eigenvalue weighted by Crippen LogP contribution is -2.02. The van der Waals surface area contributed by atoms with Crippen LogP contribution in [0.2, 0.25) is 0 Å². The molecular formula is C12H16BrN. The Hall–Kier alpha value is -0.600. The summed E-state index contributed by atoms with van der Waals surface area (Å²) in [7, 11) is 0. The molecule has 0 aliphatic carbocycles. The summed E-state index contributed by atoms with van der Waals surface area (Å²) < 4.78 is 0. The molecule has 1 aromatic carbocycles. The molecule has 2 N–H and O–H groups in total. The molecule has 0 unspecified atom stereocenters. The third-order valence-electron chi connectivity index (χ3n) is 2.00. The van der Waals surface area contributed by atoms with Gasteiger partial charge in [0.05, 0.1) is 0 Å². The van der Waals surface area contributed by atoms with Crippen LogP contribution in [0.25, 0.3) is 6.08 Å². The Morgan fingerprint density at radius 3 is 2.50 bits per heavy atom. The van der Waals surface area contributed by atoms with Crippen LogP contribution in [0.15, 0.2) is 30.3 Å². The van der Waals surface area contributed by atoms with E-state index in [9.17, 15) is 0 Å². The minimum atomic E-state index is 0.721. The van der Waals surface area contributed by atoms with Crippen molar-refractivity contribution in [2.75, 3.05) is 11.9 Å². The van der Waals surface area contributed by atoms with Crippen molar-refractivity contribution < 1.29 is 0 Å². The lowest BCUT2D eigenvalue weighted by atomic mass is 10.1. The minimum Gasteiger partial charge on any atom is -0.330 e. The number of hydrogen-bond donors (Lipinski definition) is 1. The molecule has 0 saturated carbocycles. The SMILES string of the molecule is NCCc1ccc(C=CCCBr)cc1. The van der Waals surface area contributed by atoms with Crippen molar-refractivity contribution in [2.24, 2.45) is 5.73 Å². The van der Waals surface area contributed by atoms with Gasteiger partial charge in [0.1, 0.15) is 0 Å². The van der Waals surface area contributed by atoms with Gasteiger partial charge >= 0.3 is 0 Å². The van der Waals surface area contributed by atoms with Gasteiger partial charge in [-0.15, -0.1) is 0 Å². The highest BCUT2D eigenvalue weighted by molar-refractivity contribution is 9.09. The van der Waals surface area contributed by atoms with Crippen LogP contribution in [0.1, 0.15) is 17.5 Å². The average molecular weight is 254 g/mol. The number of allylic oxidation sites excluding steroid dienone is 1. The summed E-state index contributed by atoms with van der Waals surface area (Å²) in [5.41, 5.74) is 8.04. The van der Waals surface area contributed by atoms with Crippen LogP contribution in [-0.2, 0) is 6.42 Å². The number of halogens is 1. The van der Waals surface area contributed by atoms with Crippen LogP contribution in [-0.4, -0.2) is 11.9 Å². The average Bonchev–Trinajstić information content (AvgIpc) is 2.21. The molecule has 0 atom stereocenters. The van der Waals surface area contributed by atoms with Crippen LogP contribution in [0, 0.1) is 0 Å². The standard InChI is InChI=1S/C12H16BrN/c13-9-2-1-3-11-4-6-12(7-5-11)8-10-14/h1,3-7H,2,8-10,14H2. The van der Waals surface area contributed by atoms with Crippen molar-refractivity contribution in [3.05, 3.63) is 41.5 Å². The molecule has 1 nitrogen and oxygen atoms in total. The second-order valence-corrected chi connectivity index (χ2v) is 3.95. The first kappa shape index (κ1) is 11.5. The minimum absolute atomic E-state index is 0.721. The van der Waals surface area contributed by atoms with E-state index in [0.717, 1.165) is 24.7 Å². The quantitative estimate of drug-likeness (QED) is 0.803. The Bertz CT molecular complexity index is 277. The maximum absolute atomic E-state index is 5.48. The molecule has 0 heterocycles. The molecule has 1 aromatic rings.